The van der Waals surface area contributed by atoms with Gasteiger partial charge < -0.3 is 14.9 Å². The van der Waals surface area contributed by atoms with Crippen molar-refractivity contribution in [3.8, 4) is 0 Å². The monoisotopic (exact) mass is 411 g/mol. The number of benzene rings is 2. The maximum atomic E-state index is 13.5. The number of carboxylic acid groups (broad SMARTS) is 1. The summed E-state index contributed by atoms with van der Waals surface area (Å²) in [5.41, 5.74) is 1.39. The fourth-order valence-corrected chi connectivity index (χ4v) is 4.21. The highest BCUT2D eigenvalue weighted by Crippen LogP contribution is 2.34. The zero-order valence-electron chi connectivity index (χ0n) is 16.3. The highest BCUT2D eigenvalue weighted by atomic mass is 19.1. The molecule has 0 bridgehead atoms. The van der Waals surface area contributed by atoms with E-state index in [9.17, 15) is 23.9 Å². The summed E-state index contributed by atoms with van der Waals surface area (Å²) >= 11 is 0. The summed E-state index contributed by atoms with van der Waals surface area (Å²) in [5.74, 6) is -0.834. The second kappa shape index (κ2) is 8.14. The zero-order valence-corrected chi connectivity index (χ0v) is 16.3. The van der Waals surface area contributed by atoms with Gasteiger partial charge >= 0.3 is 6.09 Å². The second-order valence-electron chi connectivity index (χ2n) is 7.48. The van der Waals surface area contributed by atoms with Gasteiger partial charge in [0.25, 0.3) is 0 Å². The molecule has 4 rings (SSSR count). The van der Waals surface area contributed by atoms with Gasteiger partial charge in [0.05, 0.1) is 6.54 Å². The van der Waals surface area contributed by atoms with Gasteiger partial charge in [0, 0.05) is 19.5 Å². The Morgan fingerprint density at radius 3 is 2.57 bits per heavy atom. The summed E-state index contributed by atoms with van der Waals surface area (Å²) in [6, 6.07) is 14.2. The molecule has 2 atom stereocenters. The van der Waals surface area contributed by atoms with Crippen LogP contribution in [0.1, 0.15) is 23.6 Å². The Bertz CT molecular complexity index is 968. The van der Waals surface area contributed by atoms with Gasteiger partial charge in [-0.1, -0.05) is 42.5 Å². The number of piperazine rings is 1. The van der Waals surface area contributed by atoms with Crippen molar-refractivity contribution in [2.45, 2.75) is 25.0 Å². The zero-order chi connectivity index (χ0) is 21.3. The minimum absolute atomic E-state index is 0.0444. The van der Waals surface area contributed by atoms with E-state index < -0.39 is 18.3 Å². The maximum absolute atomic E-state index is 13.5. The van der Waals surface area contributed by atoms with E-state index >= 15 is 0 Å². The van der Waals surface area contributed by atoms with Crippen molar-refractivity contribution in [3.63, 3.8) is 0 Å². The molecule has 3 amide bonds. The van der Waals surface area contributed by atoms with Crippen LogP contribution in [0.2, 0.25) is 0 Å². The molecule has 0 unspecified atom stereocenters. The van der Waals surface area contributed by atoms with E-state index in [0.717, 1.165) is 5.56 Å². The molecule has 0 radical (unpaired) electrons. The number of halogens is 1. The van der Waals surface area contributed by atoms with Gasteiger partial charge in [-0.15, -0.1) is 0 Å². The smallest absolute Gasteiger partial charge is 0.409 e. The van der Waals surface area contributed by atoms with Gasteiger partial charge in [-0.3, -0.25) is 14.5 Å². The number of hydrogen-bond acceptors (Lipinski definition) is 3. The third kappa shape index (κ3) is 3.72. The van der Waals surface area contributed by atoms with Crippen LogP contribution in [-0.2, 0) is 16.0 Å². The van der Waals surface area contributed by atoms with Gasteiger partial charge in [0.1, 0.15) is 18.0 Å². The molecule has 2 saturated heterocycles. The molecular formula is C22H22FN3O4. The largest absolute Gasteiger partial charge is 0.465 e. The van der Waals surface area contributed by atoms with Gasteiger partial charge in [-0.25, -0.2) is 9.18 Å². The molecule has 2 fully saturated rings. The molecule has 30 heavy (non-hydrogen) atoms. The minimum Gasteiger partial charge on any atom is -0.465 e. The van der Waals surface area contributed by atoms with Crippen LogP contribution in [0, 0.1) is 5.82 Å². The number of nitrogens with zero attached hydrogens (tertiary/aromatic N) is 3. The molecule has 2 aliphatic heterocycles. The lowest BCUT2D eigenvalue weighted by molar-refractivity contribution is -0.168. The van der Waals surface area contributed by atoms with Crippen molar-refractivity contribution in [3.05, 3.63) is 71.5 Å². The number of rotatable bonds is 4. The van der Waals surface area contributed by atoms with Gasteiger partial charge in [0.15, 0.2) is 0 Å². The first-order chi connectivity index (χ1) is 14.5. The van der Waals surface area contributed by atoms with Gasteiger partial charge in [-0.05, 0) is 29.7 Å². The summed E-state index contributed by atoms with van der Waals surface area (Å²) < 4.78 is 13.5. The molecular weight excluding hydrogens is 389 g/mol. The van der Waals surface area contributed by atoms with Gasteiger partial charge in [0.2, 0.25) is 11.8 Å². The Labute approximate surface area is 173 Å². The average molecular weight is 411 g/mol. The Morgan fingerprint density at radius 1 is 1.10 bits per heavy atom. The quantitative estimate of drug-likeness (QED) is 0.838. The van der Waals surface area contributed by atoms with Crippen molar-refractivity contribution in [2.75, 3.05) is 19.6 Å². The fourth-order valence-electron chi connectivity index (χ4n) is 4.21. The van der Waals surface area contributed by atoms with E-state index in [1.54, 1.807) is 41.3 Å². The minimum atomic E-state index is -1.12. The summed E-state index contributed by atoms with van der Waals surface area (Å²) in [5, 5.41) is 9.65. The molecule has 0 aliphatic carbocycles. The lowest BCUT2D eigenvalue weighted by Crippen LogP contribution is -2.68. The van der Waals surface area contributed by atoms with Crippen molar-refractivity contribution in [1.82, 2.24) is 14.7 Å². The van der Waals surface area contributed by atoms with Crippen LogP contribution in [0.5, 0.6) is 0 Å². The summed E-state index contributed by atoms with van der Waals surface area (Å²) in [6.45, 7) is 0.496. The lowest BCUT2D eigenvalue weighted by atomic mass is 9.97. The predicted octanol–water partition coefficient (Wildman–Crippen LogP) is 2.49. The second-order valence-corrected chi connectivity index (χ2v) is 7.48. The Balaban J connectivity index is 1.66. The highest BCUT2D eigenvalue weighted by Gasteiger charge is 2.49. The number of carbonyl (C=O) groups excluding carboxylic acids is 2. The maximum Gasteiger partial charge on any atom is 0.409 e. The molecule has 0 saturated carbocycles. The summed E-state index contributed by atoms with van der Waals surface area (Å²) in [4.78, 5) is 42.1. The molecule has 8 heteroatoms. The van der Waals surface area contributed by atoms with Crippen molar-refractivity contribution < 1.29 is 23.9 Å². The van der Waals surface area contributed by atoms with Gasteiger partial charge in [-0.2, -0.15) is 0 Å². The van der Waals surface area contributed by atoms with Crippen LogP contribution in [0.15, 0.2) is 54.6 Å². The van der Waals surface area contributed by atoms with E-state index in [1.807, 2.05) is 6.07 Å². The van der Waals surface area contributed by atoms with E-state index in [-0.39, 0.29) is 37.1 Å². The predicted molar refractivity (Wildman–Crippen MR) is 106 cm³/mol. The van der Waals surface area contributed by atoms with Crippen molar-refractivity contribution in [2.24, 2.45) is 0 Å². The molecule has 2 aromatic rings. The molecule has 7 nitrogen and oxygen atoms in total. The first kappa shape index (κ1) is 19.9. The third-order valence-corrected chi connectivity index (χ3v) is 5.66. The fraction of sp³-hybridized carbons (Fsp3) is 0.318. The van der Waals surface area contributed by atoms with E-state index in [4.69, 9.17) is 0 Å². The highest BCUT2D eigenvalue weighted by molar-refractivity contribution is 5.91. The summed E-state index contributed by atoms with van der Waals surface area (Å²) in [6.07, 6.45) is -1.40. The third-order valence-electron chi connectivity index (χ3n) is 5.66. The first-order valence-electron chi connectivity index (χ1n) is 9.84. The Morgan fingerprint density at radius 2 is 1.87 bits per heavy atom. The standard InChI is InChI=1S/C22H22FN3O4/c23-17-8-4-5-15(13-17)9-11-24-14-18-25(22(29)30)12-10-19(27)26(18)20(21(24)28)16-6-2-1-3-7-16/h1-8,13,18,20H,9-12,14H2,(H,29,30)/t18-,20+/m1/s1. The average Bonchev–Trinajstić information content (AvgIpc) is 2.73. The van der Waals surface area contributed by atoms with E-state index in [1.165, 1.54) is 21.9 Å². The van der Waals surface area contributed by atoms with Crippen LogP contribution >= 0.6 is 0 Å². The first-order valence-corrected chi connectivity index (χ1v) is 9.84. The molecule has 0 aromatic heterocycles. The number of amides is 3. The molecule has 2 aromatic carbocycles. The molecule has 156 valence electrons. The van der Waals surface area contributed by atoms with Crippen LogP contribution in [0.3, 0.4) is 0 Å². The van der Waals surface area contributed by atoms with Crippen LogP contribution in [0.25, 0.3) is 0 Å². The van der Waals surface area contributed by atoms with E-state index in [2.05, 4.69) is 0 Å². The van der Waals surface area contributed by atoms with Crippen molar-refractivity contribution in [1.29, 1.82) is 0 Å². The Hall–Kier alpha value is -3.42. The van der Waals surface area contributed by atoms with Crippen molar-refractivity contribution >= 4 is 17.9 Å². The molecule has 0 spiro atoms. The molecule has 2 heterocycles. The topological polar surface area (TPSA) is 81.2 Å². The lowest BCUT2D eigenvalue weighted by Gasteiger charge is -2.51. The number of hydrogen-bond donors (Lipinski definition) is 1. The van der Waals surface area contributed by atoms with Crippen LogP contribution in [-0.4, -0.2) is 63.5 Å². The molecule has 2 aliphatic rings. The Kier molecular flexibility index (Phi) is 5.39. The summed E-state index contributed by atoms with van der Waals surface area (Å²) in [7, 11) is 0. The van der Waals surface area contributed by atoms with E-state index in [0.29, 0.717) is 18.5 Å². The molecule has 1 N–H and O–H groups in total. The normalized spacial score (nSPS) is 21.6. The van der Waals surface area contributed by atoms with Crippen LogP contribution in [0.4, 0.5) is 9.18 Å². The number of carbonyl (C=O) groups is 3. The number of fused-ring (bicyclic) bond motifs is 1. The van der Waals surface area contributed by atoms with Crippen LogP contribution < -0.4 is 0 Å². The SMILES string of the molecule is O=C1[C@H](c2ccccc2)N2C(=O)CCN(C(=O)O)[C@H]2CN1CCc1cccc(F)c1.